The molecule has 0 aromatic heterocycles. The highest BCUT2D eigenvalue weighted by Crippen LogP contribution is 2.35. The van der Waals surface area contributed by atoms with Crippen LogP contribution in [0.4, 0.5) is 8.78 Å². The summed E-state index contributed by atoms with van der Waals surface area (Å²) in [5.41, 5.74) is 1.37. The van der Waals surface area contributed by atoms with Crippen LogP contribution in [0.5, 0.6) is 0 Å². The van der Waals surface area contributed by atoms with Crippen molar-refractivity contribution in [1.82, 2.24) is 14.8 Å². The molecule has 0 N–H and O–H groups in total. The van der Waals surface area contributed by atoms with Gasteiger partial charge in [0.25, 0.3) is 11.8 Å². The third kappa shape index (κ3) is 6.22. The number of hydrazone groups is 1. The molecule has 2 aliphatic heterocycles. The van der Waals surface area contributed by atoms with Crippen LogP contribution in [0, 0.1) is 11.6 Å². The van der Waals surface area contributed by atoms with E-state index in [0.29, 0.717) is 54.7 Å². The van der Waals surface area contributed by atoms with Crippen molar-refractivity contribution in [3.63, 3.8) is 0 Å². The Bertz CT molecular complexity index is 1410. The van der Waals surface area contributed by atoms with E-state index in [1.165, 1.54) is 34.2 Å². The lowest BCUT2D eigenvalue weighted by Crippen LogP contribution is -2.46. The Morgan fingerprint density at radius 3 is 2.35 bits per heavy atom. The summed E-state index contributed by atoms with van der Waals surface area (Å²) >= 11 is 6.42. The monoisotopic (exact) mass is 566 g/mol. The molecule has 0 radical (unpaired) electrons. The van der Waals surface area contributed by atoms with Crippen LogP contribution in [0.2, 0.25) is 5.02 Å². The first-order valence-electron chi connectivity index (χ1n) is 13.1. The second-order valence-electron chi connectivity index (χ2n) is 9.67. The van der Waals surface area contributed by atoms with Gasteiger partial charge in [0.1, 0.15) is 18.2 Å². The Morgan fingerprint density at radius 2 is 1.62 bits per heavy atom. The number of carbonyl (C=O) groups is 2. The predicted molar refractivity (Wildman–Crippen MR) is 148 cm³/mol. The molecule has 1 atom stereocenters. The molecule has 1 saturated heterocycles. The topological polar surface area (TPSA) is 65.5 Å². The molecule has 2 amide bonds. The Kier molecular flexibility index (Phi) is 8.84. The maximum absolute atomic E-state index is 14.9. The summed E-state index contributed by atoms with van der Waals surface area (Å²) in [6.07, 6.45) is 0.242. The summed E-state index contributed by atoms with van der Waals surface area (Å²) in [6, 6.07) is 18.3. The van der Waals surface area contributed by atoms with Crippen molar-refractivity contribution in [2.24, 2.45) is 5.10 Å². The fourth-order valence-electron chi connectivity index (χ4n) is 4.97. The van der Waals surface area contributed by atoms with Gasteiger partial charge in [-0.1, -0.05) is 60.1 Å². The summed E-state index contributed by atoms with van der Waals surface area (Å²) < 4.78 is 34.9. The van der Waals surface area contributed by atoms with E-state index in [2.05, 4.69) is 10.0 Å². The molecule has 2 heterocycles. The molecular formula is C30H29ClF2N4O3. The molecule has 5 rings (SSSR count). The van der Waals surface area contributed by atoms with Crippen molar-refractivity contribution in [2.45, 2.75) is 12.5 Å². The molecule has 7 nitrogen and oxygen atoms in total. The van der Waals surface area contributed by atoms with Gasteiger partial charge in [0.2, 0.25) is 0 Å². The number of benzene rings is 3. The molecule has 1 fully saturated rings. The number of hydrogen-bond acceptors (Lipinski definition) is 5. The molecule has 0 spiro atoms. The standard InChI is InChI=1S/C30H29ClF2N4O3/c31-24-10-4-1-7-21(24)27-19-28(22-8-2-5-11-25(22)32)37(34-27)29(38)20-36(14-13-35-15-17-40-18-16-35)30(39)23-9-3-6-12-26(23)33/h1-12,28H,13-20H2/t28-/m0/s1. The minimum Gasteiger partial charge on any atom is -0.379 e. The van der Waals surface area contributed by atoms with Gasteiger partial charge >= 0.3 is 0 Å². The van der Waals surface area contributed by atoms with Gasteiger partial charge < -0.3 is 9.64 Å². The fraction of sp³-hybridized carbons (Fsp3) is 0.300. The number of ether oxygens (including phenoxy) is 1. The quantitative estimate of drug-likeness (QED) is 0.394. The fourth-order valence-corrected chi connectivity index (χ4v) is 5.21. The van der Waals surface area contributed by atoms with Gasteiger partial charge in [-0.3, -0.25) is 14.5 Å². The van der Waals surface area contributed by atoms with Crippen LogP contribution in [-0.2, 0) is 9.53 Å². The highest BCUT2D eigenvalue weighted by atomic mass is 35.5. The Balaban J connectivity index is 1.44. The molecule has 10 heteroatoms. The van der Waals surface area contributed by atoms with E-state index in [4.69, 9.17) is 16.3 Å². The summed E-state index contributed by atoms with van der Waals surface area (Å²) in [5.74, 6) is -2.24. The van der Waals surface area contributed by atoms with Crippen LogP contribution in [0.3, 0.4) is 0 Å². The lowest BCUT2D eigenvalue weighted by Gasteiger charge is -2.31. The Hall–Kier alpha value is -3.66. The highest BCUT2D eigenvalue weighted by molar-refractivity contribution is 6.34. The number of carbonyl (C=O) groups excluding carboxylic acids is 2. The minimum absolute atomic E-state index is 0.121. The van der Waals surface area contributed by atoms with Gasteiger partial charge in [-0.2, -0.15) is 5.10 Å². The van der Waals surface area contributed by atoms with Crippen LogP contribution < -0.4 is 0 Å². The van der Waals surface area contributed by atoms with E-state index in [1.807, 2.05) is 6.07 Å². The van der Waals surface area contributed by atoms with E-state index in [9.17, 15) is 18.4 Å². The molecule has 40 heavy (non-hydrogen) atoms. The van der Waals surface area contributed by atoms with Gasteiger partial charge in [-0.05, 0) is 24.3 Å². The van der Waals surface area contributed by atoms with E-state index < -0.39 is 29.5 Å². The first kappa shape index (κ1) is 27.9. The van der Waals surface area contributed by atoms with E-state index >= 15 is 0 Å². The largest absolute Gasteiger partial charge is 0.379 e. The molecule has 2 aliphatic rings. The Morgan fingerprint density at radius 1 is 0.950 bits per heavy atom. The first-order chi connectivity index (χ1) is 19.4. The molecule has 0 aliphatic carbocycles. The predicted octanol–water partition coefficient (Wildman–Crippen LogP) is 4.77. The number of morpholine rings is 1. The zero-order chi connectivity index (χ0) is 28.1. The zero-order valence-electron chi connectivity index (χ0n) is 21.8. The van der Waals surface area contributed by atoms with Crippen molar-refractivity contribution < 1.29 is 23.1 Å². The third-order valence-electron chi connectivity index (χ3n) is 7.12. The number of rotatable bonds is 8. The van der Waals surface area contributed by atoms with Crippen molar-refractivity contribution in [3.8, 4) is 0 Å². The average molecular weight is 567 g/mol. The maximum atomic E-state index is 14.9. The van der Waals surface area contributed by atoms with Crippen molar-refractivity contribution >= 4 is 29.1 Å². The number of halogens is 3. The van der Waals surface area contributed by atoms with Gasteiger partial charge in [0.15, 0.2) is 0 Å². The molecule has 208 valence electrons. The summed E-state index contributed by atoms with van der Waals surface area (Å²) in [5, 5.41) is 6.27. The lowest BCUT2D eigenvalue weighted by atomic mass is 9.98. The smallest absolute Gasteiger partial charge is 0.262 e. The van der Waals surface area contributed by atoms with Crippen molar-refractivity contribution in [1.29, 1.82) is 0 Å². The van der Waals surface area contributed by atoms with Crippen LogP contribution in [0.25, 0.3) is 0 Å². The van der Waals surface area contributed by atoms with Gasteiger partial charge in [-0.15, -0.1) is 0 Å². The van der Waals surface area contributed by atoms with Crippen LogP contribution >= 0.6 is 11.6 Å². The molecule has 3 aromatic carbocycles. The third-order valence-corrected chi connectivity index (χ3v) is 7.45. The normalized spacial score (nSPS) is 17.5. The SMILES string of the molecule is O=C(c1ccccc1F)N(CCN1CCOCC1)CC(=O)N1N=C(c2ccccc2Cl)C[C@H]1c1ccccc1F. The maximum Gasteiger partial charge on any atom is 0.262 e. The number of amides is 2. The number of hydrogen-bond donors (Lipinski definition) is 0. The van der Waals surface area contributed by atoms with Crippen molar-refractivity contribution in [2.75, 3.05) is 45.9 Å². The van der Waals surface area contributed by atoms with Crippen LogP contribution in [-0.4, -0.2) is 78.3 Å². The Labute approximate surface area is 236 Å². The van der Waals surface area contributed by atoms with E-state index in [-0.39, 0.29) is 25.1 Å². The lowest BCUT2D eigenvalue weighted by molar-refractivity contribution is -0.133. The molecule has 0 saturated carbocycles. The van der Waals surface area contributed by atoms with Gasteiger partial charge in [0.05, 0.1) is 30.5 Å². The average Bonchev–Trinajstić information content (AvgIpc) is 3.41. The molecule has 0 unspecified atom stereocenters. The second kappa shape index (κ2) is 12.7. The van der Waals surface area contributed by atoms with Gasteiger partial charge in [-0.25, -0.2) is 13.8 Å². The van der Waals surface area contributed by atoms with E-state index in [1.54, 1.807) is 42.5 Å². The summed E-state index contributed by atoms with van der Waals surface area (Å²) in [7, 11) is 0. The van der Waals surface area contributed by atoms with Crippen LogP contribution in [0.1, 0.15) is 33.9 Å². The summed E-state index contributed by atoms with van der Waals surface area (Å²) in [6.45, 7) is 2.88. The zero-order valence-corrected chi connectivity index (χ0v) is 22.6. The minimum atomic E-state index is -0.732. The molecule has 0 bridgehead atoms. The molecular weight excluding hydrogens is 538 g/mol. The summed E-state index contributed by atoms with van der Waals surface area (Å²) in [4.78, 5) is 30.8. The van der Waals surface area contributed by atoms with Gasteiger partial charge in [0, 0.05) is 48.7 Å². The van der Waals surface area contributed by atoms with Crippen LogP contribution in [0.15, 0.2) is 77.9 Å². The highest BCUT2D eigenvalue weighted by Gasteiger charge is 2.36. The van der Waals surface area contributed by atoms with Crippen molar-refractivity contribution in [3.05, 3.63) is 106 Å². The second-order valence-corrected chi connectivity index (χ2v) is 10.1. The first-order valence-corrected chi connectivity index (χ1v) is 13.5. The number of nitrogens with zero attached hydrogens (tertiary/aromatic N) is 4. The van der Waals surface area contributed by atoms with E-state index in [0.717, 1.165) is 0 Å². The molecule has 3 aromatic rings.